The van der Waals surface area contributed by atoms with Gasteiger partial charge in [0.15, 0.2) is 0 Å². The van der Waals surface area contributed by atoms with E-state index >= 15 is 0 Å². The van der Waals surface area contributed by atoms with Crippen molar-refractivity contribution in [3.63, 3.8) is 0 Å². The van der Waals surface area contributed by atoms with Crippen LogP contribution in [-0.2, 0) is 19.1 Å². The van der Waals surface area contributed by atoms with Crippen LogP contribution in [0, 0.1) is 0 Å². The van der Waals surface area contributed by atoms with Gasteiger partial charge in [-0.2, -0.15) is 0 Å². The average molecular weight is 463 g/mol. The Balaban J connectivity index is 1.91. The number of fused-ring (bicyclic) bond motifs is 2. The second kappa shape index (κ2) is 11.9. The largest absolute Gasteiger partial charge is 0.489 e. The van der Waals surface area contributed by atoms with E-state index in [1.165, 1.54) is 0 Å². The van der Waals surface area contributed by atoms with Crippen LogP contribution in [0.1, 0.15) is 26.7 Å². The molecule has 178 valence electrons. The highest BCUT2D eigenvalue weighted by Gasteiger charge is 2.16. The Kier molecular flexibility index (Phi) is 8.68. The minimum Gasteiger partial charge on any atom is -0.489 e. The van der Waals surface area contributed by atoms with E-state index in [0.717, 1.165) is 33.7 Å². The number of esters is 2. The lowest BCUT2D eigenvalue weighted by Gasteiger charge is -2.20. The summed E-state index contributed by atoms with van der Waals surface area (Å²) in [5.41, 5.74) is 0. The predicted molar refractivity (Wildman–Crippen MR) is 133 cm³/mol. The van der Waals surface area contributed by atoms with Crippen LogP contribution in [0.2, 0.25) is 0 Å². The fraction of sp³-hybridized carbons (Fsp3) is 0.286. The summed E-state index contributed by atoms with van der Waals surface area (Å²) in [6.45, 7) is 11.2. The number of benzene rings is 3. The van der Waals surface area contributed by atoms with Gasteiger partial charge in [-0.25, -0.2) is 9.59 Å². The van der Waals surface area contributed by atoms with Gasteiger partial charge >= 0.3 is 11.9 Å². The molecule has 6 heteroatoms. The van der Waals surface area contributed by atoms with Crippen molar-refractivity contribution in [2.75, 3.05) is 13.2 Å². The third-order valence-corrected chi connectivity index (χ3v) is 5.46. The van der Waals surface area contributed by atoms with Crippen LogP contribution in [-0.4, -0.2) is 37.4 Å². The second-order valence-corrected chi connectivity index (χ2v) is 7.77. The SMILES string of the molecule is C=CC(=O)OC(CC)COc1ccc(OCC(CC)OC(=O)C=C)c2cc3ccccc3cc12. The first-order chi connectivity index (χ1) is 16.5. The fourth-order valence-electron chi connectivity index (χ4n) is 3.49. The number of ether oxygens (including phenoxy) is 4. The van der Waals surface area contributed by atoms with Gasteiger partial charge in [-0.3, -0.25) is 0 Å². The maximum Gasteiger partial charge on any atom is 0.330 e. The molecule has 3 aromatic rings. The lowest BCUT2D eigenvalue weighted by molar-refractivity contribution is -0.145. The summed E-state index contributed by atoms with van der Waals surface area (Å²) in [6, 6.07) is 15.8. The van der Waals surface area contributed by atoms with E-state index in [-0.39, 0.29) is 25.4 Å². The average Bonchev–Trinajstić information content (AvgIpc) is 2.87. The lowest BCUT2D eigenvalue weighted by Crippen LogP contribution is -2.24. The molecule has 0 saturated carbocycles. The van der Waals surface area contributed by atoms with Crippen molar-refractivity contribution < 1.29 is 28.5 Å². The van der Waals surface area contributed by atoms with Gasteiger partial charge in [-0.15, -0.1) is 0 Å². The summed E-state index contributed by atoms with van der Waals surface area (Å²) >= 11 is 0. The standard InChI is InChI=1S/C28H30O6/c1-5-21(33-27(29)7-3)17-31-25-13-14-26(32-18-22(6-2)34-28(30)8-4)24-16-20-12-10-9-11-19(20)15-23(24)25/h7-16,21-22H,3-6,17-18H2,1-2H3. The minimum absolute atomic E-state index is 0.216. The Morgan fingerprint density at radius 3 is 1.53 bits per heavy atom. The summed E-state index contributed by atoms with van der Waals surface area (Å²) in [7, 11) is 0. The normalized spacial score (nSPS) is 12.5. The molecule has 0 aliphatic heterocycles. The Morgan fingerprint density at radius 1 is 0.765 bits per heavy atom. The molecule has 6 nitrogen and oxygen atoms in total. The molecule has 2 atom stereocenters. The zero-order valence-corrected chi connectivity index (χ0v) is 19.6. The van der Waals surface area contributed by atoms with Crippen molar-refractivity contribution in [3.05, 3.63) is 73.8 Å². The molecule has 0 N–H and O–H groups in total. The van der Waals surface area contributed by atoms with E-state index in [9.17, 15) is 9.59 Å². The van der Waals surface area contributed by atoms with E-state index in [1.807, 2.05) is 50.2 Å². The van der Waals surface area contributed by atoms with Crippen molar-refractivity contribution in [1.82, 2.24) is 0 Å². The molecule has 0 amide bonds. The summed E-state index contributed by atoms with van der Waals surface area (Å²) in [5.74, 6) is 0.369. The van der Waals surface area contributed by atoms with E-state index in [0.29, 0.717) is 24.3 Å². The van der Waals surface area contributed by atoms with Gasteiger partial charge in [0.25, 0.3) is 0 Å². The number of rotatable bonds is 12. The molecule has 0 heterocycles. The summed E-state index contributed by atoms with van der Waals surface area (Å²) in [4.78, 5) is 23.2. The molecule has 0 aliphatic rings. The molecular formula is C28H30O6. The molecule has 0 bridgehead atoms. The minimum atomic E-state index is -0.474. The van der Waals surface area contributed by atoms with E-state index in [4.69, 9.17) is 18.9 Å². The summed E-state index contributed by atoms with van der Waals surface area (Å²) < 4.78 is 22.9. The van der Waals surface area contributed by atoms with Crippen LogP contribution >= 0.6 is 0 Å². The smallest absolute Gasteiger partial charge is 0.330 e. The van der Waals surface area contributed by atoms with Crippen LogP contribution in [0.3, 0.4) is 0 Å². The van der Waals surface area contributed by atoms with Crippen molar-refractivity contribution in [2.45, 2.75) is 38.9 Å². The highest BCUT2D eigenvalue weighted by atomic mass is 16.6. The second-order valence-electron chi connectivity index (χ2n) is 7.77. The first-order valence-electron chi connectivity index (χ1n) is 11.4. The van der Waals surface area contributed by atoms with Gasteiger partial charge in [0, 0.05) is 22.9 Å². The Bertz CT molecular complexity index is 1090. The number of carbonyl (C=O) groups is 2. The monoisotopic (exact) mass is 462 g/mol. The van der Waals surface area contributed by atoms with Crippen molar-refractivity contribution in [1.29, 1.82) is 0 Å². The van der Waals surface area contributed by atoms with E-state index < -0.39 is 11.9 Å². The maximum absolute atomic E-state index is 11.6. The van der Waals surface area contributed by atoms with Gasteiger partial charge in [0.05, 0.1) is 0 Å². The topological polar surface area (TPSA) is 71.1 Å². The van der Waals surface area contributed by atoms with Gasteiger partial charge in [0.1, 0.15) is 36.9 Å². The zero-order valence-electron chi connectivity index (χ0n) is 19.6. The van der Waals surface area contributed by atoms with Crippen molar-refractivity contribution in [2.24, 2.45) is 0 Å². The maximum atomic E-state index is 11.6. The third-order valence-electron chi connectivity index (χ3n) is 5.46. The molecule has 0 aromatic heterocycles. The molecule has 0 radical (unpaired) electrons. The van der Waals surface area contributed by atoms with Gasteiger partial charge in [-0.1, -0.05) is 51.3 Å². The molecule has 3 aromatic carbocycles. The highest BCUT2D eigenvalue weighted by Crippen LogP contribution is 2.36. The van der Waals surface area contributed by atoms with Gasteiger partial charge in [-0.05, 0) is 47.9 Å². The molecule has 34 heavy (non-hydrogen) atoms. The Labute approximate surface area is 199 Å². The van der Waals surface area contributed by atoms with Crippen molar-refractivity contribution in [3.8, 4) is 11.5 Å². The molecule has 0 saturated heterocycles. The highest BCUT2D eigenvalue weighted by molar-refractivity contribution is 6.03. The number of hydrogen-bond acceptors (Lipinski definition) is 6. The first-order valence-corrected chi connectivity index (χ1v) is 11.4. The van der Waals surface area contributed by atoms with Crippen LogP contribution in [0.25, 0.3) is 21.5 Å². The fourth-order valence-corrected chi connectivity index (χ4v) is 3.49. The van der Waals surface area contributed by atoms with Crippen LogP contribution < -0.4 is 9.47 Å². The molecule has 0 fully saturated rings. The third kappa shape index (κ3) is 6.16. The molecule has 3 rings (SSSR count). The Hall–Kier alpha value is -3.80. The van der Waals surface area contributed by atoms with E-state index in [2.05, 4.69) is 25.3 Å². The lowest BCUT2D eigenvalue weighted by atomic mass is 10.0. The van der Waals surface area contributed by atoms with Crippen LogP contribution in [0.5, 0.6) is 11.5 Å². The predicted octanol–water partition coefficient (Wildman–Crippen LogP) is 5.77. The van der Waals surface area contributed by atoms with E-state index in [1.54, 1.807) is 0 Å². The van der Waals surface area contributed by atoms with Gasteiger partial charge < -0.3 is 18.9 Å². The molecule has 2 unspecified atom stereocenters. The summed E-state index contributed by atoms with van der Waals surface area (Å²) in [5, 5.41) is 3.87. The van der Waals surface area contributed by atoms with Crippen LogP contribution in [0.4, 0.5) is 0 Å². The molecule has 0 spiro atoms. The first kappa shape index (κ1) is 24.8. The van der Waals surface area contributed by atoms with Crippen LogP contribution in [0.15, 0.2) is 73.8 Å². The number of hydrogen-bond donors (Lipinski definition) is 0. The number of carbonyl (C=O) groups excluding carboxylic acids is 2. The zero-order chi connectivity index (χ0) is 24.5. The van der Waals surface area contributed by atoms with Crippen molar-refractivity contribution >= 4 is 33.5 Å². The molecular weight excluding hydrogens is 432 g/mol. The molecule has 0 aliphatic carbocycles. The summed E-state index contributed by atoms with van der Waals surface area (Å²) in [6.07, 6.45) is 2.74. The quantitative estimate of drug-likeness (QED) is 0.193. The van der Waals surface area contributed by atoms with Gasteiger partial charge in [0.2, 0.25) is 0 Å². The Morgan fingerprint density at radius 2 is 1.18 bits per heavy atom.